The van der Waals surface area contributed by atoms with Crippen molar-refractivity contribution in [2.24, 2.45) is 0 Å². The monoisotopic (exact) mass is 449 g/mol. The van der Waals surface area contributed by atoms with E-state index < -0.39 is 0 Å². The number of nitrogens with one attached hydrogen (secondary N) is 3. The highest BCUT2D eigenvalue weighted by Crippen LogP contribution is 2.32. The Morgan fingerprint density at radius 2 is 1.97 bits per heavy atom. The first kappa shape index (κ1) is 21.1. The number of carbonyl (C=O) groups is 1. The standard InChI is InChI=1S/C26H23N7O/c1-3-25(34)31-24-13-22(32-33(24)16-17-7-5-4-6-8-17)19-11-20-21(15-30-26(20)29-14-19)18-9-10-28-23(12-18)27-2/h3-15H,1,16H2,2H3,(H,27,28)(H,29,30)(H,31,34). The highest BCUT2D eigenvalue weighted by Gasteiger charge is 2.15. The zero-order valence-electron chi connectivity index (χ0n) is 18.6. The average molecular weight is 450 g/mol. The number of benzene rings is 1. The first-order valence-electron chi connectivity index (χ1n) is 10.8. The molecule has 0 radical (unpaired) electrons. The summed E-state index contributed by atoms with van der Waals surface area (Å²) in [5.74, 6) is 1.09. The van der Waals surface area contributed by atoms with Gasteiger partial charge in [0.25, 0.3) is 0 Å². The number of carbonyl (C=O) groups excluding carboxylic acids is 1. The topological polar surface area (TPSA) is 101 Å². The number of aromatic amines is 1. The minimum Gasteiger partial charge on any atom is -0.373 e. The van der Waals surface area contributed by atoms with Crippen LogP contribution >= 0.6 is 0 Å². The van der Waals surface area contributed by atoms with Crippen LogP contribution < -0.4 is 10.6 Å². The van der Waals surface area contributed by atoms with E-state index in [1.165, 1.54) is 6.08 Å². The second-order valence-electron chi connectivity index (χ2n) is 7.75. The lowest BCUT2D eigenvalue weighted by atomic mass is 10.1. The van der Waals surface area contributed by atoms with E-state index in [4.69, 9.17) is 5.10 Å². The molecule has 0 atom stereocenters. The van der Waals surface area contributed by atoms with Gasteiger partial charge in [-0.05, 0) is 35.4 Å². The summed E-state index contributed by atoms with van der Waals surface area (Å²) in [6.07, 6.45) is 6.74. The quantitative estimate of drug-likeness (QED) is 0.313. The number of aromatic nitrogens is 5. The van der Waals surface area contributed by atoms with Crippen LogP contribution in [0.4, 0.5) is 11.6 Å². The highest BCUT2D eigenvalue weighted by atomic mass is 16.1. The first-order chi connectivity index (χ1) is 16.6. The molecule has 168 valence electrons. The molecule has 5 rings (SSSR count). The average Bonchev–Trinajstić information content (AvgIpc) is 3.48. The fraction of sp³-hybridized carbons (Fsp3) is 0.0769. The van der Waals surface area contributed by atoms with Gasteiger partial charge in [0.05, 0.1) is 12.2 Å². The first-order valence-corrected chi connectivity index (χ1v) is 10.8. The molecule has 0 aliphatic carbocycles. The molecule has 0 saturated carbocycles. The second-order valence-corrected chi connectivity index (χ2v) is 7.75. The Morgan fingerprint density at radius 1 is 1.12 bits per heavy atom. The Morgan fingerprint density at radius 3 is 2.76 bits per heavy atom. The molecule has 0 aliphatic rings. The zero-order chi connectivity index (χ0) is 23.5. The Labute approximate surface area is 196 Å². The van der Waals surface area contributed by atoms with Gasteiger partial charge >= 0.3 is 0 Å². The van der Waals surface area contributed by atoms with E-state index in [0.717, 1.165) is 39.1 Å². The molecule has 3 N–H and O–H groups in total. The summed E-state index contributed by atoms with van der Waals surface area (Å²) < 4.78 is 1.77. The highest BCUT2D eigenvalue weighted by molar-refractivity contribution is 5.99. The molecular weight excluding hydrogens is 426 g/mol. The minimum atomic E-state index is -0.291. The maximum atomic E-state index is 12.0. The number of nitrogens with zero attached hydrogens (tertiary/aromatic N) is 4. The van der Waals surface area contributed by atoms with E-state index in [1.807, 2.05) is 61.8 Å². The fourth-order valence-corrected chi connectivity index (χ4v) is 3.83. The number of hydrogen-bond acceptors (Lipinski definition) is 5. The van der Waals surface area contributed by atoms with Crippen molar-refractivity contribution < 1.29 is 4.79 Å². The molecule has 4 aromatic heterocycles. The van der Waals surface area contributed by atoms with Crippen LogP contribution in [-0.4, -0.2) is 37.7 Å². The lowest BCUT2D eigenvalue weighted by Gasteiger charge is -2.07. The smallest absolute Gasteiger partial charge is 0.248 e. The number of rotatable bonds is 7. The van der Waals surface area contributed by atoms with Crippen molar-refractivity contribution in [1.29, 1.82) is 0 Å². The Balaban J connectivity index is 1.56. The van der Waals surface area contributed by atoms with Gasteiger partial charge in [-0.25, -0.2) is 14.6 Å². The molecule has 0 aliphatic heterocycles. The van der Waals surface area contributed by atoms with Gasteiger partial charge in [0, 0.05) is 48.2 Å². The number of hydrogen-bond donors (Lipinski definition) is 3. The van der Waals surface area contributed by atoms with Gasteiger partial charge in [-0.3, -0.25) is 4.79 Å². The third-order valence-electron chi connectivity index (χ3n) is 5.55. The minimum absolute atomic E-state index is 0.291. The normalized spacial score (nSPS) is 10.9. The number of amides is 1. The molecule has 8 heteroatoms. The maximum Gasteiger partial charge on any atom is 0.248 e. The molecule has 34 heavy (non-hydrogen) atoms. The van der Waals surface area contributed by atoms with Crippen LogP contribution in [0.5, 0.6) is 0 Å². The molecule has 8 nitrogen and oxygen atoms in total. The summed E-state index contributed by atoms with van der Waals surface area (Å²) in [6, 6.07) is 17.8. The lowest BCUT2D eigenvalue weighted by Crippen LogP contribution is -2.13. The molecule has 0 fully saturated rings. The summed E-state index contributed by atoms with van der Waals surface area (Å²) in [5, 5.41) is 11.7. The zero-order valence-corrected chi connectivity index (χ0v) is 18.6. The van der Waals surface area contributed by atoms with Gasteiger partial charge in [0.1, 0.15) is 17.3 Å². The molecule has 1 aromatic carbocycles. The summed E-state index contributed by atoms with van der Waals surface area (Å²) in [6.45, 7) is 4.07. The summed E-state index contributed by atoms with van der Waals surface area (Å²) >= 11 is 0. The van der Waals surface area contributed by atoms with Crippen molar-refractivity contribution in [2.45, 2.75) is 6.54 Å². The Hall–Kier alpha value is -4.72. The molecule has 1 amide bonds. The van der Waals surface area contributed by atoms with Crippen molar-refractivity contribution in [3.8, 4) is 22.4 Å². The maximum absolute atomic E-state index is 12.0. The van der Waals surface area contributed by atoms with E-state index in [-0.39, 0.29) is 5.91 Å². The van der Waals surface area contributed by atoms with Crippen LogP contribution in [0.15, 0.2) is 85.8 Å². The van der Waals surface area contributed by atoms with E-state index in [1.54, 1.807) is 17.1 Å². The third-order valence-corrected chi connectivity index (χ3v) is 5.55. The van der Waals surface area contributed by atoms with Crippen molar-refractivity contribution in [3.05, 3.63) is 91.4 Å². The molecular formula is C26H23N7O. The Kier molecular flexibility index (Phi) is 5.61. The van der Waals surface area contributed by atoms with Crippen LogP contribution in [0.1, 0.15) is 5.56 Å². The van der Waals surface area contributed by atoms with Crippen LogP contribution in [0.3, 0.4) is 0 Å². The third kappa shape index (κ3) is 4.16. The van der Waals surface area contributed by atoms with Gasteiger partial charge in [-0.2, -0.15) is 5.10 Å². The van der Waals surface area contributed by atoms with Gasteiger partial charge < -0.3 is 15.6 Å². The number of anilines is 2. The molecule has 0 unspecified atom stereocenters. The number of fused-ring (bicyclic) bond motifs is 1. The molecule has 5 aromatic rings. The van der Waals surface area contributed by atoms with Crippen molar-refractivity contribution in [1.82, 2.24) is 24.7 Å². The molecule has 0 spiro atoms. The van der Waals surface area contributed by atoms with Crippen LogP contribution in [0.2, 0.25) is 0 Å². The summed E-state index contributed by atoms with van der Waals surface area (Å²) in [4.78, 5) is 24.2. The van der Waals surface area contributed by atoms with Gasteiger partial charge in [0.15, 0.2) is 0 Å². The number of H-pyrrole nitrogens is 1. The largest absolute Gasteiger partial charge is 0.373 e. The predicted molar refractivity (Wildman–Crippen MR) is 134 cm³/mol. The SMILES string of the molecule is C=CC(=O)Nc1cc(-c2cnc3[nH]cc(-c4ccnc(NC)c4)c3c2)nn1Cc1ccccc1. The van der Waals surface area contributed by atoms with Crippen LogP contribution in [0, 0.1) is 0 Å². The molecule has 0 bridgehead atoms. The van der Waals surface area contributed by atoms with E-state index in [2.05, 4.69) is 38.2 Å². The van der Waals surface area contributed by atoms with Gasteiger partial charge in [0.2, 0.25) is 5.91 Å². The van der Waals surface area contributed by atoms with Gasteiger partial charge in [-0.1, -0.05) is 36.9 Å². The van der Waals surface area contributed by atoms with Crippen LogP contribution in [-0.2, 0) is 11.3 Å². The second kappa shape index (κ2) is 9.03. The summed E-state index contributed by atoms with van der Waals surface area (Å²) in [7, 11) is 1.84. The summed E-state index contributed by atoms with van der Waals surface area (Å²) in [5.41, 5.74) is 5.46. The lowest BCUT2D eigenvalue weighted by molar-refractivity contribution is -0.111. The van der Waals surface area contributed by atoms with Crippen LogP contribution in [0.25, 0.3) is 33.4 Å². The van der Waals surface area contributed by atoms with E-state index in [9.17, 15) is 4.79 Å². The van der Waals surface area contributed by atoms with E-state index >= 15 is 0 Å². The molecule has 0 saturated heterocycles. The number of pyridine rings is 2. The molecule has 4 heterocycles. The van der Waals surface area contributed by atoms with Gasteiger partial charge in [-0.15, -0.1) is 0 Å². The fourth-order valence-electron chi connectivity index (χ4n) is 3.83. The van der Waals surface area contributed by atoms with Crippen molar-refractivity contribution in [2.75, 3.05) is 17.7 Å². The van der Waals surface area contributed by atoms with E-state index in [0.29, 0.717) is 18.1 Å². The predicted octanol–water partition coefficient (Wildman–Crippen LogP) is 4.70. The van der Waals surface area contributed by atoms with Crippen molar-refractivity contribution in [3.63, 3.8) is 0 Å². The van der Waals surface area contributed by atoms with Crippen molar-refractivity contribution >= 4 is 28.6 Å². The Bertz CT molecular complexity index is 1480.